The smallest absolute Gasteiger partial charge is 0.247 e. The second-order valence-corrected chi connectivity index (χ2v) is 15.6. The molecule has 2 amide bonds. The van der Waals surface area contributed by atoms with Gasteiger partial charge in [0.05, 0.1) is 36.9 Å². The first-order valence-electron chi connectivity index (χ1n) is 20.8. The average Bonchev–Trinajstić information content (AvgIpc) is 3.85. The van der Waals surface area contributed by atoms with Crippen molar-refractivity contribution in [2.24, 2.45) is 5.41 Å². The van der Waals surface area contributed by atoms with Crippen molar-refractivity contribution in [3.05, 3.63) is 170 Å². The Bertz CT molecular complexity index is 3180. The summed E-state index contributed by atoms with van der Waals surface area (Å²) in [6.07, 6.45) is 4.92. The summed E-state index contributed by atoms with van der Waals surface area (Å²) in [6, 6.07) is 47.7. The number of carbonyl (C=O) groups excluding carboxylic acids is 2. The lowest BCUT2D eigenvalue weighted by Crippen LogP contribution is -2.36. The number of carbonyl (C=O) groups is 2. The molecule has 0 aliphatic heterocycles. The predicted octanol–water partition coefficient (Wildman–Crippen LogP) is 9.75. The number of pyridine rings is 2. The fourth-order valence-corrected chi connectivity index (χ4v) is 8.12. The molecular formula is C50H42N10O4. The zero-order chi connectivity index (χ0) is 43.6. The minimum Gasteiger partial charge on any atom is -0.495 e. The van der Waals surface area contributed by atoms with Gasteiger partial charge in [-0.25, -0.2) is 9.03 Å². The molecule has 1 fully saturated rings. The number of para-hydroxylation sites is 4. The van der Waals surface area contributed by atoms with E-state index >= 15 is 0 Å². The van der Waals surface area contributed by atoms with E-state index in [1.165, 1.54) is 0 Å². The monoisotopic (exact) mass is 846 g/mol. The topological polar surface area (TPSA) is 161 Å². The zero-order valence-electron chi connectivity index (χ0n) is 34.9. The van der Waals surface area contributed by atoms with Gasteiger partial charge in [0, 0.05) is 34.9 Å². The summed E-state index contributed by atoms with van der Waals surface area (Å²) in [7, 11) is 3.24. The summed E-state index contributed by atoms with van der Waals surface area (Å²) in [5.74, 6) is 1.02. The molecule has 4 N–H and O–H groups in total. The molecule has 1 aliphatic rings. The summed E-state index contributed by atoms with van der Waals surface area (Å²) in [6.45, 7) is 0. The second-order valence-electron chi connectivity index (χ2n) is 15.6. The molecule has 4 aromatic heterocycles. The van der Waals surface area contributed by atoms with Gasteiger partial charge in [-0.2, -0.15) is 9.97 Å². The molecule has 0 saturated heterocycles. The summed E-state index contributed by atoms with van der Waals surface area (Å²) in [5, 5.41) is 22.1. The van der Waals surface area contributed by atoms with Crippen molar-refractivity contribution < 1.29 is 19.1 Å². The summed E-state index contributed by atoms with van der Waals surface area (Å²) in [5.41, 5.74) is 7.41. The number of hydrogen-bond acceptors (Lipinski definition) is 10. The molecule has 14 heteroatoms. The van der Waals surface area contributed by atoms with E-state index in [9.17, 15) is 9.59 Å². The van der Waals surface area contributed by atoms with E-state index in [-0.39, 0.29) is 11.8 Å². The molecule has 5 aromatic carbocycles. The van der Waals surface area contributed by atoms with E-state index in [0.717, 1.165) is 39.2 Å². The van der Waals surface area contributed by atoms with Crippen LogP contribution < -0.4 is 30.7 Å². The van der Waals surface area contributed by atoms with Crippen LogP contribution in [-0.2, 0) is 9.59 Å². The number of anilines is 6. The Morgan fingerprint density at radius 2 is 1.06 bits per heavy atom. The molecule has 1 aliphatic carbocycles. The van der Waals surface area contributed by atoms with Gasteiger partial charge in [-0.15, -0.1) is 10.2 Å². The number of aromatic nitrogens is 6. The predicted molar refractivity (Wildman–Crippen MR) is 248 cm³/mol. The number of fused-ring (bicyclic) bond motifs is 2. The molecular weight excluding hydrogens is 805 g/mol. The van der Waals surface area contributed by atoms with Crippen LogP contribution in [0, 0.1) is 5.41 Å². The lowest BCUT2D eigenvalue weighted by molar-refractivity contribution is -0.127. The van der Waals surface area contributed by atoms with Gasteiger partial charge in [-0.3, -0.25) is 9.59 Å². The van der Waals surface area contributed by atoms with Crippen LogP contribution in [0.25, 0.3) is 33.5 Å². The van der Waals surface area contributed by atoms with Gasteiger partial charge < -0.3 is 30.7 Å². The average molecular weight is 847 g/mol. The zero-order valence-corrected chi connectivity index (χ0v) is 34.9. The standard InChI is InChI=1S/C50H42N10O4/c1-63-41-20-8-6-18-39(41)53-48-55-43-24-22-35(30-59(43)57-48)33-14-10-16-37(28-33)51-46(61)45(32-12-4-3-5-13-32)50(26-27-50)47(62)52-38-17-11-15-34(29-38)36-23-25-44-56-49(58-60(44)31-36)54-40-19-7-9-21-42(40)64-2/h3-25,28-31,45H,26-27H2,1-2H3,(H,51,61)(H,52,62)(H,53,57)(H,54,58). The van der Waals surface area contributed by atoms with Crippen LogP contribution in [0.4, 0.5) is 34.6 Å². The number of benzene rings is 5. The van der Waals surface area contributed by atoms with Crippen LogP contribution >= 0.6 is 0 Å². The molecule has 1 atom stereocenters. The Hall–Kier alpha value is -8.52. The normalized spacial score (nSPS) is 13.2. The van der Waals surface area contributed by atoms with Gasteiger partial charge in [0.2, 0.25) is 23.7 Å². The summed E-state index contributed by atoms with van der Waals surface area (Å²) >= 11 is 0. The van der Waals surface area contributed by atoms with Crippen molar-refractivity contribution in [1.82, 2.24) is 29.2 Å². The van der Waals surface area contributed by atoms with E-state index in [0.29, 0.717) is 58.9 Å². The first kappa shape index (κ1) is 39.6. The van der Waals surface area contributed by atoms with Gasteiger partial charge in [0.1, 0.15) is 11.5 Å². The maximum Gasteiger partial charge on any atom is 0.247 e. The van der Waals surface area contributed by atoms with Crippen LogP contribution in [-0.4, -0.2) is 55.2 Å². The molecule has 0 spiro atoms. The molecule has 10 rings (SSSR count). The lowest BCUT2D eigenvalue weighted by atomic mass is 9.81. The summed E-state index contributed by atoms with van der Waals surface area (Å²) < 4.78 is 14.4. The molecule has 1 saturated carbocycles. The Kier molecular flexibility index (Phi) is 10.4. The first-order valence-corrected chi connectivity index (χ1v) is 20.8. The van der Waals surface area contributed by atoms with Gasteiger partial charge >= 0.3 is 0 Å². The van der Waals surface area contributed by atoms with Crippen molar-refractivity contribution in [1.29, 1.82) is 0 Å². The van der Waals surface area contributed by atoms with Gasteiger partial charge in [0.15, 0.2) is 11.3 Å². The lowest BCUT2D eigenvalue weighted by Gasteiger charge is -2.26. The minimum absolute atomic E-state index is 0.207. The van der Waals surface area contributed by atoms with Crippen LogP contribution in [0.3, 0.4) is 0 Å². The number of nitrogens with zero attached hydrogens (tertiary/aromatic N) is 6. The number of hydrogen-bond donors (Lipinski definition) is 4. The van der Waals surface area contributed by atoms with E-state index in [1.54, 1.807) is 23.3 Å². The highest BCUT2D eigenvalue weighted by molar-refractivity contribution is 6.06. The fourth-order valence-electron chi connectivity index (χ4n) is 8.12. The van der Waals surface area contributed by atoms with Crippen LogP contribution in [0.5, 0.6) is 11.5 Å². The van der Waals surface area contributed by atoms with Gasteiger partial charge in [-0.05, 0) is 102 Å². The van der Waals surface area contributed by atoms with E-state index < -0.39 is 11.3 Å². The molecule has 9 aromatic rings. The maximum atomic E-state index is 14.5. The SMILES string of the molecule is COc1ccccc1Nc1nc2ccc(-c3cccc(NC(=O)C(c4ccccc4)C4(C(=O)Nc5cccc(-c6ccc7nc(Nc8ccccc8OC)nn7c6)c5)CC4)c3)cn2n1. The Morgan fingerprint density at radius 3 is 1.58 bits per heavy atom. The summed E-state index contributed by atoms with van der Waals surface area (Å²) in [4.78, 5) is 38.2. The number of rotatable bonds is 14. The number of amides is 2. The fraction of sp³-hybridized carbons (Fsp3) is 0.120. The Morgan fingerprint density at radius 1 is 0.562 bits per heavy atom. The third-order valence-corrected chi connectivity index (χ3v) is 11.5. The highest BCUT2D eigenvalue weighted by Gasteiger charge is 2.58. The van der Waals surface area contributed by atoms with Crippen LogP contribution in [0.15, 0.2) is 164 Å². The largest absolute Gasteiger partial charge is 0.495 e. The van der Waals surface area contributed by atoms with Crippen LogP contribution in [0.1, 0.15) is 24.3 Å². The first-order chi connectivity index (χ1) is 31.3. The van der Waals surface area contributed by atoms with Crippen molar-refractivity contribution in [3.8, 4) is 33.8 Å². The third kappa shape index (κ3) is 7.91. The third-order valence-electron chi connectivity index (χ3n) is 11.5. The number of nitrogens with one attached hydrogen (secondary N) is 4. The maximum absolute atomic E-state index is 14.5. The van der Waals surface area contributed by atoms with Gasteiger partial charge in [0.25, 0.3) is 0 Å². The van der Waals surface area contributed by atoms with Gasteiger partial charge in [-0.1, -0.05) is 78.9 Å². The number of methoxy groups -OCH3 is 2. The van der Waals surface area contributed by atoms with Crippen molar-refractivity contribution >= 4 is 57.8 Å². The highest BCUT2D eigenvalue weighted by Crippen LogP contribution is 2.57. The quantitative estimate of drug-likeness (QED) is 0.0830. The molecule has 4 heterocycles. The Balaban J connectivity index is 0.861. The van der Waals surface area contributed by atoms with Crippen molar-refractivity contribution in [2.75, 3.05) is 35.5 Å². The van der Waals surface area contributed by atoms with E-state index in [1.807, 2.05) is 164 Å². The van der Waals surface area contributed by atoms with Crippen molar-refractivity contribution in [2.45, 2.75) is 18.8 Å². The molecule has 0 radical (unpaired) electrons. The minimum atomic E-state index is -0.947. The molecule has 1 unspecified atom stereocenters. The molecule has 14 nitrogen and oxygen atoms in total. The molecule has 316 valence electrons. The van der Waals surface area contributed by atoms with Crippen molar-refractivity contribution in [3.63, 3.8) is 0 Å². The van der Waals surface area contributed by atoms with E-state index in [4.69, 9.17) is 9.47 Å². The van der Waals surface area contributed by atoms with E-state index in [2.05, 4.69) is 41.4 Å². The Labute approximate surface area is 367 Å². The second kappa shape index (κ2) is 16.7. The van der Waals surface area contributed by atoms with Crippen LogP contribution in [0.2, 0.25) is 0 Å². The number of ether oxygens (including phenoxy) is 2. The molecule has 0 bridgehead atoms. The highest BCUT2D eigenvalue weighted by atomic mass is 16.5. The molecule has 64 heavy (non-hydrogen) atoms.